The van der Waals surface area contributed by atoms with Crippen LogP contribution in [0.1, 0.15) is 78.1 Å². The number of unbranched alkanes of at least 4 members (excludes halogenated alkanes) is 6. The third-order valence-electron chi connectivity index (χ3n) is 4.88. The van der Waals surface area contributed by atoms with E-state index in [1.54, 1.807) is 0 Å². The van der Waals surface area contributed by atoms with E-state index in [9.17, 15) is 27.2 Å². The Morgan fingerprint density at radius 2 is 1.31 bits per heavy atom. The maximum absolute atomic E-state index is 13.7. The highest BCUT2D eigenvalue weighted by Gasteiger charge is 2.22. The lowest BCUT2D eigenvalue weighted by atomic mass is 10.1. The van der Waals surface area contributed by atoms with Gasteiger partial charge in [-0.2, -0.15) is 0 Å². The number of halogens is 4. The molecular weight excluding hydrogens is 428 g/mol. The van der Waals surface area contributed by atoms with E-state index in [1.807, 2.05) is 0 Å². The van der Waals surface area contributed by atoms with Gasteiger partial charge < -0.3 is 9.47 Å². The maximum Gasteiger partial charge on any atom is 0.339 e. The first-order valence-electron chi connectivity index (χ1n) is 10.6. The van der Waals surface area contributed by atoms with Gasteiger partial charge in [0.25, 0.3) is 0 Å². The minimum absolute atomic E-state index is 0.0441. The molecule has 2 aromatic rings. The zero-order chi connectivity index (χ0) is 23.5. The average molecular weight is 454 g/mol. The Kier molecular flexibility index (Phi) is 10.2. The van der Waals surface area contributed by atoms with Crippen molar-refractivity contribution in [2.24, 2.45) is 0 Å². The highest BCUT2D eigenvalue weighted by molar-refractivity contribution is 6.03. The van der Waals surface area contributed by atoms with Gasteiger partial charge in [-0.1, -0.05) is 57.6 Å². The quantitative estimate of drug-likeness (QED) is 0.121. The number of benzene rings is 2. The minimum atomic E-state index is -2.00. The molecule has 0 aliphatic rings. The van der Waals surface area contributed by atoms with Crippen molar-refractivity contribution >= 4 is 11.9 Å². The Morgan fingerprint density at radius 3 is 1.94 bits per heavy atom. The van der Waals surface area contributed by atoms with Gasteiger partial charge in [-0.15, -0.1) is 0 Å². The van der Waals surface area contributed by atoms with Crippen LogP contribution in [-0.2, 0) is 16.1 Å². The zero-order valence-electron chi connectivity index (χ0n) is 17.9. The second kappa shape index (κ2) is 12.8. The molecule has 0 saturated heterocycles. The lowest BCUT2D eigenvalue weighted by molar-refractivity contribution is 0.0432. The second-order valence-electron chi connectivity index (χ2n) is 7.34. The van der Waals surface area contributed by atoms with E-state index in [0.717, 1.165) is 19.3 Å². The monoisotopic (exact) mass is 454 g/mol. The van der Waals surface area contributed by atoms with E-state index >= 15 is 0 Å². The van der Waals surface area contributed by atoms with Crippen LogP contribution in [0.5, 0.6) is 0 Å². The maximum atomic E-state index is 13.7. The fourth-order valence-corrected chi connectivity index (χ4v) is 3.09. The molecule has 0 heterocycles. The van der Waals surface area contributed by atoms with E-state index in [4.69, 9.17) is 9.47 Å². The summed E-state index contributed by atoms with van der Waals surface area (Å²) in [7, 11) is 0. The number of hydrogen-bond acceptors (Lipinski definition) is 4. The molecule has 0 aliphatic heterocycles. The van der Waals surface area contributed by atoms with Gasteiger partial charge >= 0.3 is 11.9 Å². The first-order valence-corrected chi connectivity index (χ1v) is 10.6. The van der Waals surface area contributed by atoms with Gasteiger partial charge in [0.1, 0.15) is 6.61 Å². The topological polar surface area (TPSA) is 52.6 Å². The lowest BCUT2D eigenvalue weighted by Gasteiger charge is -2.11. The fourth-order valence-electron chi connectivity index (χ4n) is 3.09. The van der Waals surface area contributed by atoms with E-state index in [0.29, 0.717) is 12.5 Å². The smallest absolute Gasteiger partial charge is 0.339 e. The summed E-state index contributed by atoms with van der Waals surface area (Å²) in [5.41, 5.74) is -0.855. The third kappa shape index (κ3) is 7.07. The van der Waals surface area contributed by atoms with Gasteiger partial charge in [-0.3, -0.25) is 0 Å². The van der Waals surface area contributed by atoms with Gasteiger partial charge in [0.05, 0.1) is 17.7 Å². The van der Waals surface area contributed by atoms with Crippen LogP contribution in [0.2, 0.25) is 0 Å². The van der Waals surface area contributed by atoms with Gasteiger partial charge in [0.2, 0.25) is 0 Å². The minimum Gasteiger partial charge on any atom is -0.462 e. The van der Waals surface area contributed by atoms with Crippen LogP contribution in [0.15, 0.2) is 30.3 Å². The van der Waals surface area contributed by atoms with Crippen molar-refractivity contribution in [1.29, 1.82) is 0 Å². The molecule has 8 heteroatoms. The van der Waals surface area contributed by atoms with Gasteiger partial charge in [-0.25, -0.2) is 27.2 Å². The Hall–Kier alpha value is -2.90. The number of carbonyl (C=O) groups excluding carboxylic acids is 2. The molecule has 2 aromatic carbocycles. The zero-order valence-corrected chi connectivity index (χ0v) is 17.9. The molecule has 0 spiro atoms. The van der Waals surface area contributed by atoms with Crippen molar-refractivity contribution in [1.82, 2.24) is 0 Å². The molecule has 0 saturated carbocycles. The number of hydrogen-bond donors (Lipinski definition) is 0. The summed E-state index contributed by atoms with van der Waals surface area (Å²) in [6, 6.07) is 6.12. The van der Waals surface area contributed by atoms with Gasteiger partial charge in [0, 0.05) is 5.56 Å². The molecule has 0 radical (unpaired) electrons. The van der Waals surface area contributed by atoms with Crippen LogP contribution in [0, 0.1) is 23.3 Å². The molecule has 0 amide bonds. The molecular formula is C24H26F4O4. The molecule has 0 unspecified atom stereocenters. The van der Waals surface area contributed by atoms with Gasteiger partial charge in [-0.05, 0) is 24.6 Å². The van der Waals surface area contributed by atoms with Crippen molar-refractivity contribution in [3.63, 3.8) is 0 Å². The Morgan fingerprint density at radius 1 is 0.750 bits per heavy atom. The molecule has 0 atom stereocenters. The van der Waals surface area contributed by atoms with Crippen molar-refractivity contribution in [2.75, 3.05) is 6.61 Å². The highest BCUT2D eigenvalue weighted by Crippen LogP contribution is 2.20. The largest absolute Gasteiger partial charge is 0.462 e. The predicted octanol–water partition coefficient (Wildman–Crippen LogP) is 6.51. The van der Waals surface area contributed by atoms with Crippen molar-refractivity contribution < 1.29 is 36.6 Å². The summed E-state index contributed by atoms with van der Waals surface area (Å²) < 4.78 is 63.5. The molecule has 4 nitrogen and oxygen atoms in total. The van der Waals surface area contributed by atoms with E-state index in [1.165, 1.54) is 43.5 Å². The molecule has 174 valence electrons. The summed E-state index contributed by atoms with van der Waals surface area (Å²) in [6.45, 7) is 1.50. The van der Waals surface area contributed by atoms with Crippen LogP contribution in [0.25, 0.3) is 0 Å². The van der Waals surface area contributed by atoms with Crippen LogP contribution in [-0.4, -0.2) is 18.5 Å². The third-order valence-corrected chi connectivity index (χ3v) is 4.88. The van der Waals surface area contributed by atoms with Gasteiger partial charge in [0.15, 0.2) is 23.3 Å². The number of rotatable bonds is 12. The van der Waals surface area contributed by atoms with Crippen molar-refractivity contribution in [2.45, 2.75) is 58.5 Å². The summed E-state index contributed by atoms with van der Waals surface area (Å²) >= 11 is 0. The molecule has 0 aromatic heterocycles. The summed E-state index contributed by atoms with van der Waals surface area (Å²) in [4.78, 5) is 24.7. The summed E-state index contributed by atoms with van der Waals surface area (Å²) in [5.74, 6) is -8.94. The van der Waals surface area contributed by atoms with Crippen molar-refractivity contribution in [3.8, 4) is 0 Å². The average Bonchev–Trinajstić information content (AvgIpc) is 2.80. The Balaban J connectivity index is 1.92. The SMILES string of the molecule is CCCCCCCCCOC(=O)c1ccccc1C(=O)OCc1cc(F)c(F)c(F)c1F. The van der Waals surface area contributed by atoms with E-state index in [2.05, 4.69) is 6.92 Å². The molecule has 32 heavy (non-hydrogen) atoms. The first kappa shape index (κ1) is 25.4. The molecule has 0 bridgehead atoms. The van der Waals surface area contributed by atoms with Crippen molar-refractivity contribution in [3.05, 3.63) is 70.3 Å². The van der Waals surface area contributed by atoms with Crippen LogP contribution < -0.4 is 0 Å². The number of carbonyl (C=O) groups is 2. The fraction of sp³-hybridized carbons (Fsp3) is 0.417. The Bertz CT molecular complexity index is 930. The number of ether oxygens (including phenoxy) is 2. The lowest BCUT2D eigenvalue weighted by Crippen LogP contribution is -2.15. The van der Waals surface area contributed by atoms with E-state index < -0.39 is 47.4 Å². The normalized spacial score (nSPS) is 10.8. The predicted molar refractivity (Wildman–Crippen MR) is 110 cm³/mol. The number of esters is 2. The molecule has 0 fully saturated rings. The first-order chi connectivity index (χ1) is 15.4. The summed E-state index contributed by atoms with van der Waals surface area (Å²) in [5, 5.41) is 0. The van der Waals surface area contributed by atoms with Crippen LogP contribution in [0.3, 0.4) is 0 Å². The molecule has 0 aliphatic carbocycles. The Labute approximate surface area is 184 Å². The van der Waals surface area contributed by atoms with E-state index in [-0.39, 0.29) is 17.7 Å². The second-order valence-corrected chi connectivity index (χ2v) is 7.34. The molecule has 0 N–H and O–H groups in total. The standard InChI is InChI=1S/C24H26F4O4/c1-2-3-4-5-6-7-10-13-31-23(29)17-11-8-9-12-18(17)24(30)32-15-16-14-19(25)21(27)22(28)20(16)26/h8-9,11-12,14H,2-7,10,13,15H2,1H3. The molecule has 2 rings (SSSR count). The van der Waals surface area contributed by atoms with Crippen LogP contribution in [0.4, 0.5) is 17.6 Å². The van der Waals surface area contributed by atoms with Crippen LogP contribution >= 0.6 is 0 Å². The highest BCUT2D eigenvalue weighted by atomic mass is 19.2. The summed E-state index contributed by atoms with van der Waals surface area (Å²) in [6.07, 6.45) is 7.39.